The average Bonchev–Trinajstić information content (AvgIpc) is 2.48. The molecule has 0 fully saturated rings. The van der Waals surface area contributed by atoms with E-state index in [0.717, 1.165) is 12.0 Å². The van der Waals surface area contributed by atoms with Crippen molar-refractivity contribution in [2.45, 2.75) is 25.3 Å². The maximum Gasteiger partial charge on any atom is 0.110 e. The highest BCUT2D eigenvalue weighted by atomic mass is 16.4. The third-order valence-corrected chi connectivity index (χ3v) is 3.42. The molecule has 2 aromatic rings. The van der Waals surface area contributed by atoms with Gasteiger partial charge in [0.1, 0.15) is 6.04 Å². The summed E-state index contributed by atoms with van der Waals surface area (Å²) in [5.41, 5.74) is 7.60. The molecule has 1 atom stereocenters. The number of hydrogen-bond acceptors (Lipinski definition) is 2. The lowest BCUT2D eigenvalue weighted by atomic mass is 9.98. The normalized spacial score (nSPS) is 12.1. The summed E-state index contributed by atoms with van der Waals surface area (Å²) in [6.45, 7) is 0. The molecule has 2 aromatic carbocycles. The van der Waals surface area contributed by atoms with E-state index in [1.54, 1.807) is 0 Å². The molecule has 0 heterocycles. The third-order valence-electron chi connectivity index (χ3n) is 3.42. The van der Waals surface area contributed by atoms with E-state index in [1.807, 2.05) is 18.2 Å². The first kappa shape index (κ1) is 14.3. The highest BCUT2D eigenvalue weighted by molar-refractivity contribution is 5.64. The summed E-state index contributed by atoms with van der Waals surface area (Å²) >= 11 is 0. The van der Waals surface area contributed by atoms with Crippen molar-refractivity contribution in [2.75, 3.05) is 0 Å². The lowest BCUT2D eigenvalue weighted by Crippen LogP contribution is -2.53. The first-order chi connectivity index (χ1) is 9.66. The maximum absolute atomic E-state index is 10.4. The van der Waals surface area contributed by atoms with Gasteiger partial charge in [-0.25, -0.2) is 0 Å². The van der Waals surface area contributed by atoms with E-state index < -0.39 is 5.97 Å². The van der Waals surface area contributed by atoms with Gasteiger partial charge in [-0.2, -0.15) is 0 Å². The number of carboxylic acids is 1. The van der Waals surface area contributed by atoms with Crippen molar-refractivity contribution in [3.63, 3.8) is 0 Å². The van der Waals surface area contributed by atoms with Gasteiger partial charge in [0.15, 0.2) is 0 Å². The molecule has 0 bridgehead atoms. The highest BCUT2D eigenvalue weighted by Crippen LogP contribution is 2.22. The first-order valence-electron chi connectivity index (χ1n) is 6.85. The predicted molar refractivity (Wildman–Crippen MR) is 76.4 cm³/mol. The van der Waals surface area contributed by atoms with Crippen molar-refractivity contribution < 1.29 is 15.6 Å². The van der Waals surface area contributed by atoms with Crippen LogP contribution in [-0.2, 0) is 4.79 Å². The van der Waals surface area contributed by atoms with Crippen molar-refractivity contribution in [1.82, 2.24) is 0 Å². The molecule has 0 aromatic heterocycles. The maximum atomic E-state index is 10.4. The molecule has 0 unspecified atom stereocenters. The number of rotatable bonds is 6. The topological polar surface area (TPSA) is 67.8 Å². The molecule has 0 aliphatic rings. The summed E-state index contributed by atoms with van der Waals surface area (Å²) in [6.07, 6.45) is 1.48. The fourth-order valence-electron chi connectivity index (χ4n) is 2.24. The summed E-state index contributed by atoms with van der Waals surface area (Å²) < 4.78 is 0. The lowest BCUT2D eigenvalue weighted by Gasteiger charge is -2.10. The van der Waals surface area contributed by atoms with E-state index in [2.05, 4.69) is 42.1 Å². The molecule has 0 radical (unpaired) electrons. The Labute approximate surface area is 119 Å². The van der Waals surface area contributed by atoms with E-state index in [-0.39, 0.29) is 12.5 Å². The van der Waals surface area contributed by atoms with Crippen LogP contribution >= 0.6 is 0 Å². The molecule has 0 saturated heterocycles. The Balaban J connectivity index is 1.99. The third kappa shape index (κ3) is 3.93. The SMILES string of the molecule is [NH3+][C@H](CCCC(=O)[O-])c1ccc(-c2ccccc2)cc1. The van der Waals surface area contributed by atoms with Gasteiger partial charge in [0.2, 0.25) is 0 Å². The van der Waals surface area contributed by atoms with Gasteiger partial charge >= 0.3 is 0 Å². The molecule has 0 saturated carbocycles. The molecular weight excluding hydrogens is 250 g/mol. The van der Waals surface area contributed by atoms with E-state index >= 15 is 0 Å². The molecular formula is C17H19NO2. The van der Waals surface area contributed by atoms with Gasteiger partial charge in [0.05, 0.1) is 0 Å². The van der Waals surface area contributed by atoms with Crippen LogP contribution in [0.25, 0.3) is 11.1 Å². The minimum Gasteiger partial charge on any atom is -0.550 e. The number of benzene rings is 2. The number of quaternary nitrogens is 1. The molecule has 0 amide bonds. The molecule has 0 aliphatic carbocycles. The van der Waals surface area contributed by atoms with E-state index in [0.29, 0.717) is 6.42 Å². The van der Waals surface area contributed by atoms with E-state index in [1.165, 1.54) is 11.1 Å². The Hall–Kier alpha value is -2.13. The van der Waals surface area contributed by atoms with Crippen LogP contribution in [0.3, 0.4) is 0 Å². The summed E-state index contributed by atoms with van der Waals surface area (Å²) in [5.74, 6) is -0.989. The van der Waals surface area contributed by atoms with Crippen molar-refractivity contribution >= 4 is 5.97 Å². The van der Waals surface area contributed by atoms with Crippen LogP contribution < -0.4 is 10.8 Å². The zero-order chi connectivity index (χ0) is 14.4. The minimum absolute atomic E-state index is 0.105. The quantitative estimate of drug-likeness (QED) is 0.864. The average molecular weight is 269 g/mol. The van der Waals surface area contributed by atoms with Crippen LogP contribution in [0.1, 0.15) is 30.9 Å². The largest absolute Gasteiger partial charge is 0.550 e. The Kier molecular flexibility index (Phi) is 4.91. The van der Waals surface area contributed by atoms with Crippen LogP contribution in [0.5, 0.6) is 0 Å². The van der Waals surface area contributed by atoms with Gasteiger partial charge < -0.3 is 15.6 Å². The van der Waals surface area contributed by atoms with Crippen LogP contribution in [0.15, 0.2) is 54.6 Å². The second-order valence-corrected chi connectivity index (χ2v) is 4.95. The summed E-state index contributed by atoms with van der Waals surface area (Å²) in [4.78, 5) is 10.4. The van der Waals surface area contributed by atoms with Gasteiger partial charge in [-0.05, 0) is 24.0 Å². The monoisotopic (exact) mass is 269 g/mol. The Morgan fingerprint density at radius 2 is 1.60 bits per heavy atom. The van der Waals surface area contributed by atoms with Gasteiger partial charge in [0, 0.05) is 18.0 Å². The Bertz CT molecular complexity index is 549. The molecule has 3 heteroatoms. The standard InChI is InChI=1S/C17H19NO2/c18-16(7-4-8-17(19)20)15-11-9-14(10-12-15)13-5-2-1-3-6-13/h1-3,5-6,9-12,16H,4,7-8,18H2,(H,19,20)/t16-/m1/s1. The lowest BCUT2D eigenvalue weighted by molar-refractivity contribution is -0.428. The van der Waals surface area contributed by atoms with E-state index in [4.69, 9.17) is 0 Å². The number of hydrogen-bond donors (Lipinski definition) is 1. The molecule has 0 spiro atoms. The summed E-state index contributed by atoms with van der Waals surface area (Å²) in [6, 6.07) is 18.6. The Morgan fingerprint density at radius 1 is 1.00 bits per heavy atom. The molecule has 3 nitrogen and oxygen atoms in total. The molecule has 20 heavy (non-hydrogen) atoms. The van der Waals surface area contributed by atoms with Crippen molar-refractivity contribution in [3.05, 3.63) is 60.2 Å². The van der Waals surface area contributed by atoms with Crippen LogP contribution in [0.4, 0.5) is 0 Å². The highest BCUT2D eigenvalue weighted by Gasteiger charge is 2.09. The number of carboxylic acid groups (broad SMARTS) is 1. The van der Waals surface area contributed by atoms with Crippen LogP contribution in [0.2, 0.25) is 0 Å². The van der Waals surface area contributed by atoms with Crippen molar-refractivity contribution in [2.24, 2.45) is 0 Å². The smallest absolute Gasteiger partial charge is 0.110 e. The Morgan fingerprint density at radius 3 is 2.20 bits per heavy atom. The second-order valence-electron chi connectivity index (χ2n) is 4.95. The van der Waals surface area contributed by atoms with Gasteiger partial charge in [-0.1, -0.05) is 54.6 Å². The number of carbonyl (C=O) groups is 1. The van der Waals surface area contributed by atoms with Gasteiger partial charge in [0.25, 0.3) is 0 Å². The molecule has 0 aliphatic heterocycles. The summed E-state index contributed by atoms with van der Waals surface area (Å²) in [5, 5.41) is 10.4. The van der Waals surface area contributed by atoms with Crippen LogP contribution in [-0.4, -0.2) is 5.97 Å². The zero-order valence-electron chi connectivity index (χ0n) is 11.4. The van der Waals surface area contributed by atoms with Crippen molar-refractivity contribution in [3.8, 4) is 11.1 Å². The zero-order valence-corrected chi connectivity index (χ0v) is 11.4. The minimum atomic E-state index is -0.989. The predicted octanol–water partition coefficient (Wildman–Crippen LogP) is 1.56. The fourth-order valence-corrected chi connectivity index (χ4v) is 2.24. The molecule has 2 rings (SSSR count). The van der Waals surface area contributed by atoms with Crippen LogP contribution in [0, 0.1) is 0 Å². The van der Waals surface area contributed by atoms with Gasteiger partial charge in [-0.3, -0.25) is 0 Å². The van der Waals surface area contributed by atoms with E-state index in [9.17, 15) is 9.90 Å². The number of carbonyl (C=O) groups excluding carboxylic acids is 1. The summed E-state index contributed by atoms with van der Waals surface area (Å²) in [7, 11) is 0. The number of aliphatic carboxylic acids is 1. The molecule has 3 N–H and O–H groups in total. The molecule has 104 valence electrons. The fraction of sp³-hybridized carbons (Fsp3) is 0.235. The first-order valence-corrected chi connectivity index (χ1v) is 6.85. The van der Waals surface area contributed by atoms with Gasteiger partial charge in [-0.15, -0.1) is 0 Å². The second kappa shape index (κ2) is 6.87. The van der Waals surface area contributed by atoms with Crippen molar-refractivity contribution in [1.29, 1.82) is 0 Å².